The van der Waals surface area contributed by atoms with Crippen molar-refractivity contribution in [3.8, 4) is 0 Å². The number of amides is 1. The predicted molar refractivity (Wildman–Crippen MR) is 86.6 cm³/mol. The average Bonchev–Trinajstić information content (AvgIpc) is 2.32. The summed E-state index contributed by atoms with van der Waals surface area (Å²) in [6, 6.07) is 0.460. The van der Waals surface area contributed by atoms with Crippen LogP contribution in [0.15, 0.2) is 0 Å². The molecule has 126 valence electrons. The molecule has 0 unspecified atom stereocenters. The van der Waals surface area contributed by atoms with Gasteiger partial charge in [0.25, 0.3) is 0 Å². The van der Waals surface area contributed by atoms with Gasteiger partial charge in [-0.05, 0) is 53.4 Å². The van der Waals surface area contributed by atoms with Gasteiger partial charge in [0.2, 0.25) is 0 Å². The first-order valence-corrected chi connectivity index (χ1v) is 8.02. The van der Waals surface area contributed by atoms with Gasteiger partial charge in [-0.3, -0.25) is 0 Å². The highest BCUT2D eigenvalue weighted by atomic mass is 16.6. The number of carbonyl (C=O) groups excluding carboxylic acids is 1. The lowest BCUT2D eigenvalue weighted by molar-refractivity contribution is 0.0525. The van der Waals surface area contributed by atoms with Crippen LogP contribution >= 0.6 is 0 Å². The standard InChI is InChI=1S/C16H34N2O3/c1-7-20-11-10-17-14(3)12-13(2)8-9-18-15(19)21-16(4,5)6/h13-14,17H,7-12H2,1-6H3,(H,18,19)/t13-,14-/m0/s1. The second kappa shape index (κ2) is 10.9. The van der Waals surface area contributed by atoms with E-state index in [1.165, 1.54) is 0 Å². The van der Waals surface area contributed by atoms with E-state index in [9.17, 15) is 4.79 Å². The second-order valence-electron chi connectivity index (χ2n) is 6.61. The highest BCUT2D eigenvalue weighted by Gasteiger charge is 2.16. The Labute approximate surface area is 130 Å². The lowest BCUT2D eigenvalue weighted by Gasteiger charge is -2.21. The molecule has 0 saturated heterocycles. The third-order valence-electron chi connectivity index (χ3n) is 3.00. The van der Waals surface area contributed by atoms with Crippen LogP contribution in [0.5, 0.6) is 0 Å². The van der Waals surface area contributed by atoms with Crippen LogP contribution in [-0.2, 0) is 9.47 Å². The highest BCUT2D eigenvalue weighted by Crippen LogP contribution is 2.10. The van der Waals surface area contributed by atoms with Gasteiger partial charge in [-0.2, -0.15) is 0 Å². The highest BCUT2D eigenvalue weighted by molar-refractivity contribution is 5.67. The van der Waals surface area contributed by atoms with Gasteiger partial charge in [-0.25, -0.2) is 4.79 Å². The quantitative estimate of drug-likeness (QED) is 0.609. The monoisotopic (exact) mass is 302 g/mol. The Bertz CT molecular complexity index is 277. The summed E-state index contributed by atoms with van der Waals surface area (Å²) in [5, 5.41) is 6.24. The van der Waals surface area contributed by atoms with Crippen molar-refractivity contribution in [3.63, 3.8) is 0 Å². The molecule has 0 rings (SSSR count). The lowest BCUT2D eigenvalue weighted by Crippen LogP contribution is -2.34. The van der Waals surface area contributed by atoms with E-state index in [-0.39, 0.29) is 6.09 Å². The summed E-state index contributed by atoms with van der Waals surface area (Å²) in [4.78, 5) is 11.5. The van der Waals surface area contributed by atoms with Gasteiger partial charge in [-0.15, -0.1) is 0 Å². The molecule has 0 heterocycles. The smallest absolute Gasteiger partial charge is 0.407 e. The molecule has 0 aliphatic heterocycles. The van der Waals surface area contributed by atoms with Crippen LogP contribution in [0.2, 0.25) is 0 Å². The molecular weight excluding hydrogens is 268 g/mol. The minimum absolute atomic E-state index is 0.336. The van der Waals surface area contributed by atoms with E-state index in [0.29, 0.717) is 18.5 Å². The molecule has 2 N–H and O–H groups in total. The number of ether oxygens (including phenoxy) is 2. The topological polar surface area (TPSA) is 59.6 Å². The van der Waals surface area contributed by atoms with E-state index in [0.717, 1.165) is 32.6 Å². The number of hydrogen-bond acceptors (Lipinski definition) is 4. The van der Waals surface area contributed by atoms with Gasteiger partial charge in [-0.1, -0.05) is 6.92 Å². The Morgan fingerprint density at radius 2 is 1.86 bits per heavy atom. The van der Waals surface area contributed by atoms with Crippen molar-refractivity contribution in [3.05, 3.63) is 0 Å². The summed E-state index contributed by atoms with van der Waals surface area (Å²) in [6.07, 6.45) is 1.70. The molecule has 1 amide bonds. The normalized spacial score (nSPS) is 14.6. The van der Waals surface area contributed by atoms with Crippen molar-refractivity contribution in [2.75, 3.05) is 26.3 Å². The maximum Gasteiger partial charge on any atom is 0.407 e. The van der Waals surface area contributed by atoms with Crippen LogP contribution in [0, 0.1) is 5.92 Å². The molecular formula is C16H34N2O3. The fraction of sp³-hybridized carbons (Fsp3) is 0.938. The first kappa shape index (κ1) is 20.2. The first-order valence-electron chi connectivity index (χ1n) is 8.02. The Morgan fingerprint density at radius 1 is 1.19 bits per heavy atom. The van der Waals surface area contributed by atoms with E-state index in [2.05, 4.69) is 24.5 Å². The number of hydrogen-bond donors (Lipinski definition) is 2. The minimum atomic E-state index is -0.436. The fourth-order valence-corrected chi connectivity index (χ4v) is 2.06. The average molecular weight is 302 g/mol. The van der Waals surface area contributed by atoms with E-state index in [4.69, 9.17) is 9.47 Å². The molecule has 0 spiro atoms. The first-order chi connectivity index (χ1) is 9.74. The van der Waals surface area contributed by atoms with E-state index in [1.807, 2.05) is 27.7 Å². The summed E-state index contributed by atoms with van der Waals surface area (Å²) < 4.78 is 10.5. The molecule has 0 aliphatic rings. The summed E-state index contributed by atoms with van der Waals surface area (Å²) in [7, 11) is 0. The molecule has 21 heavy (non-hydrogen) atoms. The summed E-state index contributed by atoms with van der Waals surface area (Å²) >= 11 is 0. The molecule has 0 fully saturated rings. The van der Waals surface area contributed by atoms with Gasteiger partial charge in [0.15, 0.2) is 0 Å². The van der Waals surface area contributed by atoms with E-state index < -0.39 is 5.60 Å². The van der Waals surface area contributed by atoms with Gasteiger partial charge in [0.05, 0.1) is 6.61 Å². The molecule has 5 nitrogen and oxygen atoms in total. The molecule has 0 aromatic carbocycles. The Hall–Kier alpha value is -0.810. The van der Waals surface area contributed by atoms with Crippen molar-refractivity contribution in [2.45, 2.75) is 66.0 Å². The van der Waals surface area contributed by atoms with Crippen LogP contribution in [0.4, 0.5) is 4.79 Å². The van der Waals surface area contributed by atoms with Crippen molar-refractivity contribution in [2.24, 2.45) is 5.92 Å². The largest absolute Gasteiger partial charge is 0.444 e. The van der Waals surface area contributed by atoms with Gasteiger partial charge in [0.1, 0.15) is 5.60 Å². The molecule has 2 atom stereocenters. The molecule has 0 saturated carbocycles. The second-order valence-corrected chi connectivity index (χ2v) is 6.61. The van der Waals surface area contributed by atoms with Gasteiger partial charge >= 0.3 is 6.09 Å². The summed E-state index contributed by atoms with van der Waals surface area (Å²) in [6.45, 7) is 15.1. The molecule has 0 aromatic rings. The van der Waals surface area contributed by atoms with Crippen LogP contribution in [0.25, 0.3) is 0 Å². The predicted octanol–water partition coefficient (Wildman–Crippen LogP) is 2.94. The number of nitrogens with one attached hydrogen (secondary N) is 2. The maximum atomic E-state index is 11.5. The molecule has 0 bridgehead atoms. The van der Waals surface area contributed by atoms with E-state index >= 15 is 0 Å². The van der Waals surface area contributed by atoms with Crippen LogP contribution in [0.3, 0.4) is 0 Å². The van der Waals surface area contributed by atoms with Crippen molar-refractivity contribution in [1.29, 1.82) is 0 Å². The van der Waals surface area contributed by atoms with Crippen LogP contribution in [-0.4, -0.2) is 44.0 Å². The third-order valence-corrected chi connectivity index (χ3v) is 3.00. The molecule has 0 radical (unpaired) electrons. The summed E-state index contributed by atoms with van der Waals surface area (Å²) in [5.74, 6) is 0.550. The van der Waals surface area contributed by atoms with Crippen molar-refractivity contribution >= 4 is 6.09 Å². The van der Waals surface area contributed by atoms with Crippen molar-refractivity contribution in [1.82, 2.24) is 10.6 Å². The zero-order chi connectivity index (χ0) is 16.3. The van der Waals surface area contributed by atoms with E-state index in [1.54, 1.807) is 0 Å². The Balaban J connectivity index is 3.65. The minimum Gasteiger partial charge on any atom is -0.444 e. The van der Waals surface area contributed by atoms with Crippen LogP contribution in [0.1, 0.15) is 54.4 Å². The zero-order valence-corrected chi connectivity index (χ0v) is 14.6. The maximum absolute atomic E-state index is 11.5. The lowest BCUT2D eigenvalue weighted by atomic mass is 9.99. The van der Waals surface area contributed by atoms with Crippen molar-refractivity contribution < 1.29 is 14.3 Å². The molecule has 5 heteroatoms. The number of carbonyl (C=O) groups is 1. The third kappa shape index (κ3) is 13.9. The Kier molecular flexibility index (Phi) is 10.4. The van der Waals surface area contributed by atoms with Gasteiger partial charge < -0.3 is 20.1 Å². The number of rotatable bonds is 10. The molecule has 0 aromatic heterocycles. The zero-order valence-electron chi connectivity index (χ0n) is 14.6. The molecule has 0 aliphatic carbocycles. The Morgan fingerprint density at radius 3 is 2.43 bits per heavy atom. The van der Waals surface area contributed by atoms with Gasteiger partial charge in [0, 0.05) is 25.7 Å². The summed E-state index contributed by atoms with van der Waals surface area (Å²) in [5.41, 5.74) is -0.436. The SMILES string of the molecule is CCOCCN[C@@H](C)C[C@@H](C)CCNC(=O)OC(C)(C)C. The number of alkyl carbamates (subject to hydrolysis) is 1. The fourth-order valence-electron chi connectivity index (χ4n) is 2.06. The van der Waals surface area contributed by atoms with Crippen LogP contribution < -0.4 is 10.6 Å².